The molecule has 0 aromatic heterocycles. The van der Waals surface area contributed by atoms with Crippen LogP contribution in [0.3, 0.4) is 0 Å². The van der Waals surface area contributed by atoms with Gasteiger partial charge in [0.1, 0.15) is 12.2 Å². The van der Waals surface area contributed by atoms with Crippen LogP contribution in [0, 0.1) is 5.92 Å². The summed E-state index contributed by atoms with van der Waals surface area (Å²) in [4.78, 5) is 26.6. The van der Waals surface area contributed by atoms with Gasteiger partial charge in [-0.2, -0.15) is 0 Å². The van der Waals surface area contributed by atoms with Crippen molar-refractivity contribution in [3.8, 4) is 0 Å². The summed E-state index contributed by atoms with van der Waals surface area (Å²) in [6, 6.07) is 9.48. The Balaban J connectivity index is 1.64. The molecule has 1 N–H and O–H groups in total. The molecule has 146 valence electrons. The van der Waals surface area contributed by atoms with Gasteiger partial charge in [0.05, 0.1) is 11.6 Å². The average Bonchev–Trinajstić information content (AvgIpc) is 3.28. The zero-order chi connectivity index (χ0) is 19.7. The molecule has 2 amide bonds. The minimum Gasteiger partial charge on any atom is -0.445 e. The third-order valence-electron chi connectivity index (χ3n) is 4.89. The van der Waals surface area contributed by atoms with Gasteiger partial charge in [-0.1, -0.05) is 42.5 Å². The van der Waals surface area contributed by atoms with Gasteiger partial charge < -0.3 is 14.8 Å². The van der Waals surface area contributed by atoms with E-state index < -0.39 is 17.2 Å². The Hall–Kier alpha value is -2.50. The summed E-state index contributed by atoms with van der Waals surface area (Å²) < 4.78 is 10.9. The van der Waals surface area contributed by atoms with E-state index in [2.05, 4.69) is 11.4 Å². The van der Waals surface area contributed by atoms with Crippen LogP contribution in [0.25, 0.3) is 0 Å². The summed E-state index contributed by atoms with van der Waals surface area (Å²) in [6.45, 7) is 8.07. The molecule has 6 heteroatoms. The predicted molar refractivity (Wildman–Crippen MR) is 102 cm³/mol. The maximum atomic E-state index is 12.7. The first-order valence-corrected chi connectivity index (χ1v) is 9.35. The smallest absolute Gasteiger partial charge is 0.410 e. The third kappa shape index (κ3) is 4.81. The van der Waals surface area contributed by atoms with Crippen molar-refractivity contribution in [3.63, 3.8) is 0 Å². The molecule has 1 aromatic carbocycles. The standard InChI is InChI=1S/C21H28N2O4/c1-15-10-11-17-12-21(17,22-18(24)27-20(2,3)4)14-23(15)19(25)26-13-16-8-6-5-7-9-16/h5-11,15,17H,12-14H2,1-4H3,(H,22,24)/t15-,17-,21+/m1/s1. The molecule has 0 unspecified atom stereocenters. The quantitative estimate of drug-likeness (QED) is 0.818. The molecule has 3 atom stereocenters. The lowest BCUT2D eigenvalue weighted by Gasteiger charge is -2.31. The van der Waals surface area contributed by atoms with Crippen LogP contribution < -0.4 is 5.32 Å². The van der Waals surface area contributed by atoms with Crippen LogP contribution in [0.4, 0.5) is 9.59 Å². The van der Waals surface area contributed by atoms with Crippen LogP contribution in [-0.4, -0.2) is 40.8 Å². The molecule has 1 aromatic rings. The lowest BCUT2D eigenvalue weighted by molar-refractivity contribution is 0.0457. The highest BCUT2D eigenvalue weighted by Crippen LogP contribution is 2.47. The first-order chi connectivity index (χ1) is 12.7. The number of benzene rings is 1. The fourth-order valence-corrected chi connectivity index (χ4v) is 3.34. The Morgan fingerprint density at radius 2 is 1.93 bits per heavy atom. The highest BCUT2D eigenvalue weighted by atomic mass is 16.6. The largest absolute Gasteiger partial charge is 0.445 e. The second-order valence-corrected chi connectivity index (χ2v) is 8.39. The minimum absolute atomic E-state index is 0.0987. The lowest BCUT2D eigenvalue weighted by Crippen LogP contribution is -2.51. The second kappa shape index (κ2) is 7.25. The molecule has 1 aliphatic heterocycles. The van der Waals surface area contributed by atoms with Crippen molar-refractivity contribution in [2.75, 3.05) is 6.54 Å². The molecule has 1 saturated carbocycles. The van der Waals surface area contributed by atoms with Gasteiger partial charge >= 0.3 is 12.2 Å². The third-order valence-corrected chi connectivity index (χ3v) is 4.89. The van der Waals surface area contributed by atoms with Crippen LogP contribution >= 0.6 is 0 Å². The van der Waals surface area contributed by atoms with Crippen molar-refractivity contribution in [2.45, 2.75) is 57.9 Å². The Kier molecular flexibility index (Phi) is 5.18. The van der Waals surface area contributed by atoms with Crippen molar-refractivity contribution in [1.29, 1.82) is 0 Å². The van der Waals surface area contributed by atoms with Gasteiger partial charge in [-0.15, -0.1) is 0 Å². The summed E-state index contributed by atoms with van der Waals surface area (Å²) in [5, 5.41) is 2.98. The zero-order valence-corrected chi connectivity index (χ0v) is 16.4. The number of ether oxygens (including phenoxy) is 2. The molecule has 3 rings (SSSR count). The topological polar surface area (TPSA) is 67.9 Å². The van der Waals surface area contributed by atoms with E-state index in [1.807, 2.05) is 64.1 Å². The van der Waals surface area contributed by atoms with Gasteiger partial charge in [0.15, 0.2) is 0 Å². The number of hydrogen-bond acceptors (Lipinski definition) is 4. The number of carbonyl (C=O) groups is 2. The Morgan fingerprint density at radius 3 is 2.59 bits per heavy atom. The van der Waals surface area contributed by atoms with Gasteiger partial charge in [-0.3, -0.25) is 4.90 Å². The Labute approximate surface area is 160 Å². The number of alkyl carbamates (subject to hydrolysis) is 1. The summed E-state index contributed by atoms with van der Waals surface area (Å²) >= 11 is 0. The van der Waals surface area contributed by atoms with Gasteiger partial charge in [0.2, 0.25) is 0 Å². The van der Waals surface area contributed by atoms with Crippen LogP contribution in [0.2, 0.25) is 0 Å². The molecule has 1 fully saturated rings. The van der Waals surface area contributed by atoms with Crippen molar-refractivity contribution >= 4 is 12.2 Å². The van der Waals surface area contributed by atoms with Gasteiger partial charge in [0, 0.05) is 12.5 Å². The number of fused-ring (bicyclic) bond motifs is 1. The number of rotatable bonds is 3. The molecule has 6 nitrogen and oxygen atoms in total. The molecule has 1 heterocycles. The predicted octanol–water partition coefficient (Wildman–Crippen LogP) is 3.87. The average molecular weight is 372 g/mol. The van der Waals surface area contributed by atoms with Gasteiger partial charge in [-0.25, -0.2) is 9.59 Å². The molecule has 1 aliphatic carbocycles. The normalized spacial score (nSPS) is 26.6. The summed E-state index contributed by atoms with van der Waals surface area (Å²) in [5.41, 5.74) is -0.0995. The Morgan fingerprint density at radius 1 is 1.22 bits per heavy atom. The van der Waals surface area contributed by atoms with Crippen molar-refractivity contribution < 1.29 is 19.1 Å². The molecular formula is C21H28N2O4. The van der Waals surface area contributed by atoms with Crippen molar-refractivity contribution in [2.24, 2.45) is 5.92 Å². The van der Waals surface area contributed by atoms with Gasteiger partial charge in [0.25, 0.3) is 0 Å². The molecule has 0 bridgehead atoms. The second-order valence-electron chi connectivity index (χ2n) is 8.39. The fourth-order valence-electron chi connectivity index (χ4n) is 3.34. The van der Waals surface area contributed by atoms with E-state index in [9.17, 15) is 9.59 Å². The van der Waals surface area contributed by atoms with E-state index in [1.165, 1.54) is 0 Å². The Bertz CT molecular complexity index is 725. The number of nitrogens with zero attached hydrogens (tertiary/aromatic N) is 1. The summed E-state index contributed by atoms with van der Waals surface area (Å²) in [6.07, 6.45) is 4.03. The molecule has 0 saturated heterocycles. The van der Waals surface area contributed by atoms with E-state index in [4.69, 9.17) is 9.47 Å². The highest BCUT2D eigenvalue weighted by molar-refractivity contribution is 5.72. The van der Waals surface area contributed by atoms with E-state index in [1.54, 1.807) is 4.90 Å². The minimum atomic E-state index is -0.562. The van der Waals surface area contributed by atoms with E-state index in [-0.39, 0.29) is 24.7 Å². The SMILES string of the molecule is C[C@@H]1C=C[C@@H]2C[C@]2(NC(=O)OC(C)(C)C)CN1C(=O)OCc1ccccc1. The van der Waals surface area contributed by atoms with Crippen LogP contribution in [0.1, 0.15) is 39.7 Å². The molecule has 27 heavy (non-hydrogen) atoms. The van der Waals surface area contributed by atoms with Crippen molar-refractivity contribution in [3.05, 3.63) is 48.0 Å². The fraction of sp³-hybridized carbons (Fsp3) is 0.524. The summed E-state index contributed by atoms with van der Waals surface area (Å²) in [5.74, 6) is 0.208. The monoisotopic (exact) mass is 372 g/mol. The van der Waals surface area contributed by atoms with E-state index in [0.717, 1.165) is 12.0 Å². The first kappa shape index (κ1) is 19.3. The summed E-state index contributed by atoms with van der Waals surface area (Å²) in [7, 11) is 0. The maximum absolute atomic E-state index is 12.7. The number of amides is 2. The van der Waals surface area contributed by atoms with E-state index >= 15 is 0 Å². The van der Waals surface area contributed by atoms with Crippen molar-refractivity contribution in [1.82, 2.24) is 10.2 Å². The van der Waals surface area contributed by atoms with Crippen LogP contribution in [0.5, 0.6) is 0 Å². The number of hydrogen-bond donors (Lipinski definition) is 1. The van der Waals surface area contributed by atoms with Crippen LogP contribution in [0.15, 0.2) is 42.5 Å². The van der Waals surface area contributed by atoms with E-state index in [0.29, 0.717) is 6.54 Å². The maximum Gasteiger partial charge on any atom is 0.410 e. The number of nitrogens with one attached hydrogen (secondary N) is 1. The molecule has 0 spiro atoms. The highest BCUT2D eigenvalue weighted by Gasteiger charge is 2.57. The lowest BCUT2D eigenvalue weighted by atomic mass is 10.2. The van der Waals surface area contributed by atoms with Gasteiger partial charge in [-0.05, 0) is 39.7 Å². The van der Waals surface area contributed by atoms with Crippen LogP contribution in [-0.2, 0) is 16.1 Å². The molecular weight excluding hydrogens is 344 g/mol. The molecule has 2 aliphatic rings. The molecule has 0 radical (unpaired) electrons. The first-order valence-electron chi connectivity index (χ1n) is 9.35. The number of carbonyl (C=O) groups excluding carboxylic acids is 2. The zero-order valence-electron chi connectivity index (χ0n) is 16.4.